The smallest absolute Gasteiger partial charge is 0.333 e. The zero-order chi connectivity index (χ0) is 18.5. The minimum absolute atomic E-state index is 0.118. The maximum absolute atomic E-state index is 12.3. The number of esters is 1. The monoisotopic (exact) mass is 348 g/mol. The van der Waals surface area contributed by atoms with Gasteiger partial charge in [-0.15, -0.1) is 0 Å². The zero-order valence-electron chi connectivity index (χ0n) is 14.7. The van der Waals surface area contributed by atoms with E-state index >= 15 is 0 Å². The molecule has 5 nitrogen and oxygen atoms in total. The van der Waals surface area contributed by atoms with Crippen LogP contribution < -0.4 is 10.1 Å². The molecule has 0 spiro atoms. The fraction of sp³-hybridized carbons (Fsp3) is 0.143. The van der Waals surface area contributed by atoms with Crippen LogP contribution in [0.1, 0.15) is 24.2 Å². The van der Waals surface area contributed by atoms with Gasteiger partial charge in [0.15, 0.2) is 11.5 Å². The highest BCUT2D eigenvalue weighted by molar-refractivity contribution is 6.04. The summed E-state index contributed by atoms with van der Waals surface area (Å²) in [7, 11) is 0. The van der Waals surface area contributed by atoms with Crippen molar-refractivity contribution >= 4 is 22.7 Å². The number of H-pyrrole nitrogens is 1. The number of nitrogens with one attached hydrogen (secondary N) is 2. The zero-order valence-corrected chi connectivity index (χ0v) is 14.7. The molecule has 5 heteroatoms. The Morgan fingerprint density at radius 2 is 1.77 bits per heavy atom. The first-order valence-corrected chi connectivity index (χ1v) is 8.36. The molecular weight excluding hydrogens is 328 g/mol. The van der Waals surface area contributed by atoms with Crippen LogP contribution in [-0.4, -0.2) is 22.8 Å². The van der Waals surface area contributed by atoms with Crippen molar-refractivity contribution in [1.82, 2.24) is 10.3 Å². The van der Waals surface area contributed by atoms with E-state index in [2.05, 4.69) is 10.3 Å². The number of rotatable bonds is 6. The van der Waals surface area contributed by atoms with Crippen molar-refractivity contribution < 1.29 is 14.3 Å². The van der Waals surface area contributed by atoms with Gasteiger partial charge in [-0.2, -0.15) is 0 Å². The van der Waals surface area contributed by atoms with Gasteiger partial charge in [-0.3, -0.25) is 4.79 Å². The van der Waals surface area contributed by atoms with Gasteiger partial charge in [0, 0.05) is 34.4 Å². The minimum atomic E-state index is -0.594. The number of hydrogen-bond acceptors (Lipinski definition) is 4. The average molecular weight is 348 g/mol. The van der Waals surface area contributed by atoms with E-state index in [4.69, 9.17) is 4.74 Å². The SMILES string of the molecule is CC(=CC(=O)c1ccccc1)N[C@@H](C)C(=O)Oc1c[nH]c2ccccc12. The molecule has 0 saturated carbocycles. The molecule has 2 aromatic carbocycles. The molecule has 0 unspecified atom stereocenters. The lowest BCUT2D eigenvalue weighted by Crippen LogP contribution is -2.36. The fourth-order valence-electron chi connectivity index (χ4n) is 2.65. The lowest BCUT2D eigenvalue weighted by atomic mass is 10.1. The Bertz CT molecular complexity index is 958. The molecule has 26 heavy (non-hydrogen) atoms. The summed E-state index contributed by atoms with van der Waals surface area (Å²) in [5.41, 5.74) is 2.10. The maximum atomic E-state index is 12.3. The Morgan fingerprint density at radius 1 is 1.08 bits per heavy atom. The number of ketones is 1. The average Bonchev–Trinajstić information content (AvgIpc) is 3.05. The molecule has 2 N–H and O–H groups in total. The second-order valence-corrected chi connectivity index (χ2v) is 6.04. The van der Waals surface area contributed by atoms with Crippen molar-refractivity contribution in [2.75, 3.05) is 0 Å². The molecule has 0 aliphatic rings. The number of carbonyl (C=O) groups excluding carboxylic acids is 2. The Morgan fingerprint density at radius 3 is 2.54 bits per heavy atom. The Balaban J connectivity index is 1.63. The first-order chi connectivity index (χ1) is 12.5. The van der Waals surface area contributed by atoms with Gasteiger partial charge in [0.2, 0.25) is 0 Å². The van der Waals surface area contributed by atoms with E-state index in [1.807, 2.05) is 42.5 Å². The van der Waals surface area contributed by atoms with E-state index in [9.17, 15) is 9.59 Å². The van der Waals surface area contributed by atoms with Gasteiger partial charge in [-0.25, -0.2) is 4.79 Å². The van der Waals surface area contributed by atoms with E-state index in [-0.39, 0.29) is 5.78 Å². The van der Waals surface area contributed by atoms with Gasteiger partial charge in [-0.05, 0) is 26.0 Å². The van der Waals surface area contributed by atoms with Crippen molar-refractivity contribution in [3.05, 3.63) is 78.1 Å². The number of aromatic nitrogens is 1. The predicted octanol–water partition coefficient (Wildman–Crippen LogP) is 3.84. The molecule has 0 saturated heterocycles. The lowest BCUT2D eigenvalue weighted by Gasteiger charge is -2.14. The van der Waals surface area contributed by atoms with Crippen molar-refractivity contribution in [3.63, 3.8) is 0 Å². The molecule has 0 fully saturated rings. The number of aromatic amines is 1. The number of carbonyl (C=O) groups is 2. The number of allylic oxidation sites excluding steroid dienone is 2. The number of para-hydroxylation sites is 1. The fourth-order valence-corrected chi connectivity index (χ4v) is 2.65. The van der Waals surface area contributed by atoms with E-state index < -0.39 is 12.0 Å². The van der Waals surface area contributed by atoms with Crippen LogP contribution in [0.3, 0.4) is 0 Å². The van der Waals surface area contributed by atoms with Crippen molar-refractivity contribution in [3.8, 4) is 5.75 Å². The second-order valence-electron chi connectivity index (χ2n) is 6.04. The summed E-state index contributed by atoms with van der Waals surface area (Å²) < 4.78 is 5.48. The van der Waals surface area contributed by atoms with E-state index in [1.165, 1.54) is 6.08 Å². The summed E-state index contributed by atoms with van der Waals surface area (Å²) in [6.07, 6.45) is 3.14. The molecule has 0 aliphatic heterocycles. The number of fused-ring (bicyclic) bond motifs is 1. The third-order valence-corrected chi connectivity index (χ3v) is 3.97. The van der Waals surface area contributed by atoms with Crippen molar-refractivity contribution in [2.24, 2.45) is 0 Å². The summed E-state index contributed by atoms with van der Waals surface area (Å²) in [4.78, 5) is 27.6. The molecule has 0 amide bonds. The van der Waals surface area contributed by atoms with Crippen molar-refractivity contribution in [1.29, 1.82) is 0 Å². The Hall–Kier alpha value is -3.34. The minimum Gasteiger partial charge on any atom is -0.423 e. The van der Waals surface area contributed by atoms with Gasteiger partial charge in [0.05, 0.1) is 0 Å². The van der Waals surface area contributed by atoms with Crippen LogP contribution >= 0.6 is 0 Å². The van der Waals surface area contributed by atoms with E-state index in [0.717, 1.165) is 10.9 Å². The van der Waals surface area contributed by atoms with Crippen LogP contribution in [0.2, 0.25) is 0 Å². The van der Waals surface area contributed by atoms with E-state index in [0.29, 0.717) is 17.0 Å². The van der Waals surface area contributed by atoms with Crippen LogP contribution in [0.25, 0.3) is 10.9 Å². The van der Waals surface area contributed by atoms with Crippen LogP contribution in [0.15, 0.2) is 72.6 Å². The number of benzene rings is 2. The molecule has 3 rings (SSSR count). The first kappa shape index (κ1) is 17.5. The normalized spacial score (nSPS) is 12.6. The van der Waals surface area contributed by atoms with E-state index in [1.54, 1.807) is 32.2 Å². The molecule has 1 aromatic heterocycles. The molecule has 0 bridgehead atoms. The Kier molecular flexibility index (Phi) is 5.17. The van der Waals surface area contributed by atoms with Gasteiger partial charge in [-0.1, -0.05) is 42.5 Å². The summed E-state index contributed by atoms with van der Waals surface area (Å²) in [5, 5.41) is 3.84. The molecule has 1 heterocycles. The van der Waals surface area contributed by atoms with Crippen LogP contribution in [0, 0.1) is 0 Å². The summed E-state index contributed by atoms with van der Waals surface area (Å²) >= 11 is 0. The third-order valence-electron chi connectivity index (χ3n) is 3.97. The summed E-state index contributed by atoms with van der Waals surface area (Å²) in [6.45, 7) is 3.44. The number of hydrogen-bond donors (Lipinski definition) is 2. The molecule has 0 aliphatic carbocycles. The lowest BCUT2D eigenvalue weighted by molar-refractivity contribution is -0.136. The molecule has 132 valence electrons. The molecular formula is C21H20N2O3. The molecule has 0 radical (unpaired) electrons. The van der Waals surface area contributed by atoms with Crippen LogP contribution in [-0.2, 0) is 4.79 Å². The van der Waals surface area contributed by atoms with Gasteiger partial charge >= 0.3 is 5.97 Å². The predicted molar refractivity (Wildman–Crippen MR) is 101 cm³/mol. The Labute approximate surface area is 151 Å². The highest BCUT2D eigenvalue weighted by Crippen LogP contribution is 2.25. The highest BCUT2D eigenvalue weighted by Gasteiger charge is 2.17. The molecule has 3 aromatic rings. The van der Waals surface area contributed by atoms with Crippen molar-refractivity contribution in [2.45, 2.75) is 19.9 Å². The maximum Gasteiger partial charge on any atom is 0.333 e. The number of ether oxygens (including phenoxy) is 1. The van der Waals surface area contributed by atoms with Gasteiger partial charge < -0.3 is 15.0 Å². The van der Waals surface area contributed by atoms with Gasteiger partial charge in [0.25, 0.3) is 0 Å². The molecule has 1 atom stereocenters. The van der Waals surface area contributed by atoms with Gasteiger partial charge in [0.1, 0.15) is 6.04 Å². The second kappa shape index (κ2) is 7.70. The largest absolute Gasteiger partial charge is 0.423 e. The standard InChI is InChI=1S/C21H20N2O3/c1-14(12-19(24)16-8-4-3-5-9-16)23-15(2)21(25)26-20-13-22-18-11-7-6-10-17(18)20/h3-13,15,22-23H,1-2H3/t15-/m0/s1. The summed E-state index contributed by atoms with van der Waals surface area (Å²) in [6, 6.07) is 16.0. The first-order valence-electron chi connectivity index (χ1n) is 8.36. The third kappa shape index (κ3) is 4.00. The topological polar surface area (TPSA) is 71.2 Å². The van der Waals surface area contributed by atoms with Crippen LogP contribution in [0.5, 0.6) is 5.75 Å². The highest BCUT2D eigenvalue weighted by atomic mass is 16.5. The quantitative estimate of drug-likeness (QED) is 0.403. The van der Waals surface area contributed by atoms with Crippen LogP contribution in [0.4, 0.5) is 0 Å². The summed E-state index contributed by atoms with van der Waals surface area (Å²) in [5.74, 6) is -0.0521.